The number of benzene rings is 1. The zero-order valence-corrected chi connectivity index (χ0v) is 15.7. The molecule has 0 atom stereocenters. The molecule has 5 heteroatoms. The first kappa shape index (κ1) is 17.8. The van der Waals surface area contributed by atoms with Crippen LogP contribution in [0.3, 0.4) is 0 Å². The molecular formula is C19H25Cl2N3. The molecule has 1 saturated heterocycles. The molecule has 1 aliphatic rings. The summed E-state index contributed by atoms with van der Waals surface area (Å²) < 4.78 is 2.29. The molecule has 130 valence electrons. The summed E-state index contributed by atoms with van der Waals surface area (Å²) >= 11 is 12.3. The maximum absolute atomic E-state index is 6.31. The molecule has 2 aromatic rings. The number of nitrogens with zero attached hydrogens (tertiary/aromatic N) is 3. The minimum Gasteiger partial charge on any atom is -0.347 e. The highest BCUT2D eigenvalue weighted by molar-refractivity contribution is 6.35. The third-order valence-corrected chi connectivity index (χ3v) is 5.37. The molecule has 3 rings (SSSR count). The van der Waals surface area contributed by atoms with E-state index in [9.17, 15) is 0 Å². The number of likely N-dealkylation sites (N-methyl/N-ethyl adjacent to an activating group) is 1. The highest BCUT2D eigenvalue weighted by Crippen LogP contribution is 2.22. The molecule has 1 aromatic carbocycles. The molecule has 0 unspecified atom stereocenters. The van der Waals surface area contributed by atoms with E-state index in [0.29, 0.717) is 5.02 Å². The summed E-state index contributed by atoms with van der Waals surface area (Å²) in [5.74, 6) is 0. The van der Waals surface area contributed by atoms with Crippen LogP contribution in [0.2, 0.25) is 10.0 Å². The van der Waals surface area contributed by atoms with Gasteiger partial charge in [-0.1, -0.05) is 29.3 Å². The Labute approximate surface area is 154 Å². The lowest BCUT2D eigenvalue weighted by Gasteiger charge is -2.32. The predicted molar refractivity (Wildman–Crippen MR) is 102 cm³/mol. The Morgan fingerprint density at radius 2 is 1.83 bits per heavy atom. The van der Waals surface area contributed by atoms with Gasteiger partial charge in [0.2, 0.25) is 0 Å². The number of hydrogen-bond acceptors (Lipinski definition) is 2. The van der Waals surface area contributed by atoms with Gasteiger partial charge in [-0.2, -0.15) is 0 Å². The van der Waals surface area contributed by atoms with Crippen molar-refractivity contribution in [1.29, 1.82) is 0 Å². The number of halogens is 2. The topological polar surface area (TPSA) is 11.4 Å². The maximum atomic E-state index is 6.31. The van der Waals surface area contributed by atoms with Gasteiger partial charge in [0.25, 0.3) is 0 Å². The normalized spacial score (nSPS) is 16.6. The summed E-state index contributed by atoms with van der Waals surface area (Å²) in [4.78, 5) is 4.97. The quantitative estimate of drug-likeness (QED) is 0.765. The van der Waals surface area contributed by atoms with Crippen molar-refractivity contribution in [3.05, 3.63) is 57.8 Å². The lowest BCUT2D eigenvalue weighted by Crippen LogP contribution is -2.44. The Hall–Kier alpha value is -1.000. The van der Waals surface area contributed by atoms with Gasteiger partial charge in [-0.3, -0.25) is 0 Å². The Balaban J connectivity index is 1.53. The standard InChI is InChI=1S/C19H25Cl2N3/c1-22-10-12-23(13-11-22)8-2-4-18-5-3-9-24(18)15-16-6-7-17(20)14-19(16)21/h3,5-7,9,14H,2,4,8,10-13,15H2,1H3. The van der Waals surface area contributed by atoms with Crippen LogP contribution in [-0.2, 0) is 13.0 Å². The highest BCUT2D eigenvalue weighted by atomic mass is 35.5. The van der Waals surface area contributed by atoms with Crippen LogP contribution in [0.15, 0.2) is 36.5 Å². The summed E-state index contributed by atoms with van der Waals surface area (Å²) in [6, 6.07) is 10.1. The minimum absolute atomic E-state index is 0.684. The van der Waals surface area contributed by atoms with E-state index in [1.54, 1.807) is 0 Å². The predicted octanol–water partition coefficient (Wildman–Crippen LogP) is 4.02. The van der Waals surface area contributed by atoms with E-state index >= 15 is 0 Å². The monoisotopic (exact) mass is 365 g/mol. The van der Waals surface area contributed by atoms with Gasteiger partial charge in [-0.15, -0.1) is 0 Å². The van der Waals surface area contributed by atoms with Crippen LogP contribution in [-0.4, -0.2) is 54.1 Å². The van der Waals surface area contributed by atoms with Crippen LogP contribution >= 0.6 is 23.2 Å². The summed E-state index contributed by atoms with van der Waals surface area (Å²) in [6.07, 6.45) is 4.43. The van der Waals surface area contributed by atoms with Gasteiger partial charge in [0.15, 0.2) is 0 Å². The number of aromatic nitrogens is 1. The molecule has 0 N–H and O–H groups in total. The third kappa shape index (κ3) is 4.76. The van der Waals surface area contributed by atoms with E-state index < -0.39 is 0 Å². The maximum Gasteiger partial charge on any atom is 0.0487 e. The molecule has 1 fully saturated rings. The Morgan fingerprint density at radius 3 is 2.58 bits per heavy atom. The molecule has 0 spiro atoms. The summed E-state index contributed by atoms with van der Waals surface area (Å²) in [5, 5.41) is 1.42. The van der Waals surface area contributed by atoms with Crippen LogP contribution < -0.4 is 0 Å². The summed E-state index contributed by atoms with van der Waals surface area (Å²) in [7, 11) is 2.20. The Morgan fingerprint density at radius 1 is 1.04 bits per heavy atom. The van der Waals surface area contributed by atoms with Crippen molar-refractivity contribution in [3.8, 4) is 0 Å². The van der Waals surface area contributed by atoms with Crippen molar-refractivity contribution in [3.63, 3.8) is 0 Å². The molecule has 0 radical (unpaired) electrons. The zero-order chi connectivity index (χ0) is 16.9. The van der Waals surface area contributed by atoms with Crippen molar-refractivity contribution in [2.24, 2.45) is 0 Å². The van der Waals surface area contributed by atoms with Crippen molar-refractivity contribution >= 4 is 23.2 Å². The first-order chi connectivity index (χ1) is 11.6. The molecule has 0 bridgehead atoms. The minimum atomic E-state index is 0.684. The van der Waals surface area contributed by atoms with Gasteiger partial charge < -0.3 is 14.4 Å². The SMILES string of the molecule is CN1CCN(CCCc2cccn2Cc2ccc(Cl)cc2Cl)CC1. The molecule has 0 amide bonds. The fraction of sp³-hybridized carbons (Fsp3) is 0.474. The molecule has 1 aromatic heterocycles. The second kappa shape index (κ2) is 8.39. The molecular weight excluding hydrogens is 341 g/mol. The second-order valence-corrected chi connectivity index (χ2v) is 7.46. The van der Waals surface area contributed by atoms with Gasteiger partial charge in [0, 0.05) is 54.7 Å². The average molecular weight is 366 g/mol. The molecule has 0 saturated carbocycles. The molecule has 2 heterocycles. The summed E-state index contributed by atoms with van der Waals surface area (Å²) in [6.45, 7) is 6.74. The fourth-order valence-electron chi connectivity index (χ4n) is 3.22. The van der Waals surface area contributed by atoms with Crippen LogP contribution in [0.5, 0.6) is 0 Å². The van der Waals surface area contributed by atoms with Gasteiger partial charge in [-0.25, -0.2) is 0 Å². The van der Waals surface area contributed by atoms with Crippen LogP contribution in [0.25, 0.3) is 0 Å². The van der Waals surface area contributed by atoms with E-state index in [2.05, 4.69) is 39.7 Å². The van der Waals surface area contributed by atoms with E-state index in [0.717, 1.165) is 23.6 Å². The Bertz CT molecular complexity index is 660. The van der Waals surface area contributed by atoms with Crippen LogP contribution in [0.4, 0.5) is 0 Å². The van der Waals surface area contributed by atoms with Crippen LogP contribution in [0, 0.1) is 0 Å². The highest BCUT2D eigenvalue weighted by Gasteiger charge is 2.13. The van der Waals surface area contributed by atoms with Crippen molar-refractivity contribution < 1.29 is 0 Å². The number of aryl methyl sites for hydroxylation is 1. The van der Waals surface area contributed by atoms with Crippen LogP contribution in [0.1, 0.15) is 17.7 Å². The van der Waals surface area contributed by atoms with Gasteiger partial charge in [0.05, 0.1) is 0 Å². The molecule has 0 aliphatic carbocycles. The first-order valence-corrected chi connectivity index (χ1v) is 9.36. The molecule has 3 nitrogen and oxygen atoms in total. The number of hydrogen-bond donors (Lipinski definition) is 0. The third-order valence-electron chi connectivity index (χ3n) is 4.78. The average Bonchev–Trinajstić information content (AvgIpc) is 2.99. The van der Waals surface area contributed by atoms with Gasteiger partial charge >= 0.3 is 0 Å². The number of piperazine rings is 1. The lowest BCUT2D eigenvalue weighted by molar-refractivity contribution is 0.153. The largest absolute Gasteiger partial charge is 0.347 e. The fourth-order valence-corrected chi connectivity index (χ4v) is 3.69. The summed E-state index contributed by atoms with van der Waals surface area (Å²) in [5.41, 5.74) is 2.48. The van der Waals surface area contributed by atoms with Gasteiger partial charge in [0.1, 0.15) is 0 Å². The smallest absolute Gasteiger partial charge is 0.0487 e. The van der Waals surface area contributed by atoms with E-state index in [4.69, 9.17) is 23.2 Å². The lowest BCUT2D eigenvalue weighted by atomic mass is 10.2. The van der Waals surface area contributed by atoms with E-state index in [1.165, 1.54) is 44.8 Å². The van der Waals surface area contributed by atoms with Crippen molar-refractivity contribution in [2.75, 3.05) is 39.8 Å². The van der Waals surface area contributed by atoms with Crippen molar-refractivity contribution in [2.45, 2.75) is 19.4 Å². The van der Waals surface area contributed by atoms with E-state index in [1.807, 2.05) is 18.2 Å². The molecule has 1 aliphatic heterocycles. The van der Waals surface area contributed by atoms with Gasteiger partial charge in [-0.05, 0) is 56.3 Å². The second-order valence-electron chi connectivity index (χ2n) is 6.61. The first-order valence-electron chi connectivity index (χ1n) is 8.60. The molecule has 24 heavy (non-hydrogen) atoms. The van der Waals surface area contributed by atoms with E-state index in [-0.39, 0.29) is 0 Å². The number of rotatable bonds is 6. The van der Waals surface area contributed by atoms with Crippen molar-refractivity contribution in [1.82, 2.24) is 14.4 Å². The zero-order valence-electron chi connectivity index (χ0n) is 14.2. The Kier molecular flexibility index (Phi) is 6.23.